The third-order valence-electron chi connectivity index (χ3n) is 2.46. The first kappa shape index (κ1) is 11.2. The fourth-order valence-corrected chi connectivity index (χ4v) is 1.75. The highest BCUT2D eigenvalue weighted by atomic mass is 16.6. The van der Waals surface area contributed by atoms with Crippen molar-refractivity contribution < 1.29 is 13.9 Å². The lowest BCUT2D eigenvalue weighted by molar-refractivity contribution is -0.157. The molecule has 0 aromatic carbocycles. The van der Waals surface area contributed by atoms with Crippen molar-refractivity contribution in [3.05, 3.63) is 23.7 Å². The van der Waals surface area contributed by atoms with Gasteiger partial charge in [-0.25, -0.2) is 0 Å². The van der Waals surface area contributed by atoms with E-state index in [4.69, 9.17) is 9.15 Å². The lowest BCUT2D eigenvalue weighted by Crippen LogP contribution is -2.44. The Morgan fingerprint density at radius 3 is 3.00 bits per heavy atom. The molecule has 0 fully saturated rings. The highest BCUT2D eigenvalue weighted by molar-refractivity contribution is 5.77. The number of carbonyl (C=O) groups is 1. The van der Waals surface area contributed by atoms with Gasteiger partial charge < -0.3 is 9.15 Å². The summed E-state index contributed by atoms with van der Waals surface area (Å²) in [5.74, 6) is 0.721. The number of rotatable bonds is 1. The normalized spacial score (nSPS) is 20.3. The van der Waals surface area contributed by atoms with Gasteiger partial charge in [-0.15, -0.1) is 0 Å². The molecule has 1 aliphatic rings. The minimum absolute atomic E-state index is 0.195. The molecule has 0 spiro atoms. The second-order valence-corrected chi connectivity index (χ2v) is 5.04. The minimum Gasteiger partial charge on any atom is -0.468 e. The van der Waals surface area contributed by atoms with Crippen LogP contribution in [-0.2, 0) is 22.5 Å². The SMILES string of the molecule is CC(C)(C)OC(=O)[C@H]1Cc2ccoc2CN1. The summed E-state index contributed by atoms with van der Waals surface area (Å²) in [6.07, 6.45) is 2.30. The van der Waals surface area contributed by atoms with Crippen molar-refractivity contribution in [2.75, 3.05) is 0 Å². The summed E-state index contributed by atoms with van der Waals surface area (Å²) in [7, 11) is 0. The molecule has 0 unspecified atom stereocenters. The van der Waals surface area contributed by atoms with E-state index in [-0.39, 0.29) is 12.0 Å². The zero-order valence-electron chi connectivity index (χ0n) is 9.87. The van der Waals surface area contributed by atoms with Gasteiger partial charge in [0.25, 0.3) is 0 Å². The number of esters is 1. The van der Waals surface area contributed by atoms with Crippen molar-refractivity contribution >= 4 is 5.97 Å². The summed E-state index contributed by atoms with van der Waals surface area (Å²) in [4.78, 5) is 11.8. The van der Waals surface area contributed by atoms with Crippen molar-refractivity contribution in [3.8, 4) is 0 Å². The molecular weight excluding hydrogens is 206 g/mol. The van der Waals surface area contributed by atoms with Gasteiger partial charge in [-0.3, -0.25) is 10.1 Å². The summed E-state index contributed by atoms with van der Waals surface area (Å²) in [6, 6.07) is 1.65. The Hall–Kier alpha value is -1.29. The number of nitrogens with one attached hydrogen (secondary N) is 1. The van der Waals surface area contributed by atoms with Gasteiger partial charge in [0.05, 0.1) is 12.8 Å². The largest absolute Gasteiger partial charge is 0.468 e. The number of ether oxygens (including phenoxy) is 1. The molecule has 4 heteroatoms. The van der Waals surface area contributed by atoms with E-state index in [2.05, 4.69) is 5.32 Å². The van der Waals surface area contributed by atoms with Gasteiger partial charge in [0.2, 0.25) is 0 Å². The Bertz CT molecular complexity index is 389. The van der Waals surface area contributed by atoms with E-state index in [1.807, 2.05) is 26.8 Å². The fourth-order valence-electron chi connectivity index (χ4n) is 1.75. The van der Waals surface area contributed by atoms with Gasteiger partial charge >= 0.3 is 5.97 Å². The molecule has 88 valence electrons. The molecule has 0 saturated heterocycles. The molecule has 1 aromatic heterocycles. The van der Waals surface area contributed by atoms with Gasteiger partial charge in [-0.1, -0.05) is 0 Å². The van der Waals surface area contributed by atoms with E-state index < -0.39 is 5.60 Å². The maximum Gasteiger partial charge on any atom is 0.324 e. The van der Waals surface area contributed by atoms with Crippen molar-refractivity contribution in [3.63, 3.8) is 0 Å². The summed E-state index contributed by atoms with van der Waals surface area (Å²) in [5.41, 5.74) is 0.657. The Balaban J connectivity index is 2.01. The molecule has 1 aromatic rings. The highest BCUT2D eigenvalue weighted by Crippen LogP contribution is 2.19. The standard InChI is InChI=1S/C12H17NO3/c1-12(2,3)16-11(14)9-6-8-4-5-15-10(8)7-13-9/h4-5,9,13H,6-7H2,1-3H3/t9-/m1/s1. The predicted molar refractivity (Wildman–Crippen MR) is 58.9 cm³/mol. The molecular formula is C12H17NO3. The average Bonchev–Trinajstić information content (AvgIpc) is 2.61. The summed E-state index contributed by atoms with van der Waals surface area (Å²) in [5, 5.41) is 3.12. The van der Waals surface area contributed by atoms with E-state index in [0.717, 1.165) is 11.3 Å². The predicted octanol–water partition coefficient (Wildman–Crippen LogP) is 1.64. The van der Waals surface area contributed by atoms with E-state index in [1.165, 1.54) is 0 Å². The van der Waals surface area contributed by atoms with Crippen molar-refractivity contribution in [2.45, 2.75) is 45.4 Å². The van der Waals surface area contributed by atoms with Crippen molar-refractivity contribution in [1.82, 2.24) is 5.32 Å². The number of hydrogen-bond acceptors (Lipinski definition) is 4. The van der Waals surface area contributed by atoms with Crippen LogP contribution >= 0.6 is 0 Å². The van der Waals surface area contributed by atoms with Crippen LogP contribution in [-0.4, -0.2) is 17.6 Å². The van der Waals surface area contributed by atoms with Crippen LogP contribution < -0.4 is 5.32 Å². The Kier molecular flexibility index (Phi) is 2.76. The number of hydrogen-bond donors (Lipinski definition) is 1. The monoisotopic (exact) mass is 223 g/mol. The van der Waals surface area contributed by atoms with E-state index >= 15 is 0 Å². The zero-order chi connectivity index (χ0) is 11.8. The molecule has 0 radical (unpaired) electrons. The minimum atomic E-state index is -0.435. The lowest BCUT2D eigenvalue weighted by atomic mass is 10.0. The van der Waals surface area contributed by atoms with Crippen molar-refractivity contribution in [2.24, 2.45) is 0 Å². The van der Waals surface area contributed by atoms with Gasteiger partial charge in [-0.2, -0.15) is 0 Å². The van der Waals surface area contributed by atoms with Crippen LogP contribution in [0.15, 0.2) is 16.7 Å². The first-order valence-corrected chi connectivity index (χ1v) is 5.47. The Morgan fingerprint density at radius 1 is 1.56 bits per heavy atom. The Morgan fingerprint density at radius 2 is 2.31 bits per heavy atom. The third kappa shape index (κ3) is 2.44. The molecule has 0 bridgehead atoms. The highest BCUT2D eigenvalue weighted by Gasteiger charge is 2.29. The van der Waals surface area contributed by atoms with Gasteiger partial charge in [-0.05, 0) is 32.4 Å². The molecule has 2 heterocycles. The lowest BCUT2D eigenvalue weighted by Gasteiger charge is -2.26. The molecule has 1 N–H and O–H groups in total. The summed E-state index contributed by atoms with van der Waals surface area (Å²) >= 11 is 0. The Labute approximate surface area is 95.0 Å². The number of fused-ring (bicyclic) bond motifs is 1. The molecule has 0 amide bonds. The molecule has 0 aliphatic carbocycles. The van der Waals surface area contributed by atoms with Crippen LogP contribution in [0.4, 0.5) is 0 Å². The first-order valence-electron chi connectivity index (χ1n) is 5.47. The van der Waals surface area contributed by atoms with Crippen LogP contribution in [0.5, 0.6) is 0 Å². The quantitative estimate of drug-likeness (QED) is 0.735. The first-order chi connectivity index (χ1) is 7.46. The van der Waals surface area contributed by atoms with Crippen LogP contribution in [0.3, 0.4) is 0 Å². The van der Waals surface area contributed by atoms with Crippen LogP contribution in [0.2, 0.25) is 0 Å². The van der Waals surface area contributed by atoms with Crippen LogP contribution in [0, 0.1) is 0 Å². The van der Waals surface area contributed by atoms with Crippen LogP contribution in [0.1, 0.15) is 32.1 Å². The van der Waals surface area contributed by atoms with E-state index in [0.29, 0.717) is 13.0 Å². The topological polar surface area (TPSA) is 51.5 Å². The maximum atomic E-state index is 11.8. The molecule has 1 atom stereocenters. The zero-order valence-corrected chi connectivity index (χ0v) is 9.87. The molecule has 1 aliphatic heterocycles. The van der Waals surface area contributed by atoms with E-state index in [1.54, 1.807) is 6.26 Å². The third-order valence-corrected chi connectivity index (χ3v) is 2.46. The molecule has 16 heavy (non-hydrogen) atoms. The van der Waals surface area contributed by atoms with Gasteiger partial charge in [0, 0.05) is 6.42 Å². The molecule has 0 saturated carbocycles. The van der Waals surface area contributed by atoms with E-state index in [9.17, 15) is 4.79 Å². The van der Waals surface area contributed by atoms with Gasteiger partial charge in [0.15, 0.2) is 0 Å². The average molecular weight is 223 g/mol. The molecule has 2 rings (SSSR count). The van der Waals surface area contributed by atoms with Crippen LogP contribution in [0.25, 0.3) is 0 Å². The smallest absolute Gasteiger partial charge is 0.324 e. The molecule has 4 nitrogen and oxygen atoms in total. The number of furan rings is 1. The fraction of sp³-hybridized carbons (Fsp3) is 0.583. The van der Waals surface area contributed by atoms with Gasteiger partial charge in [0.1, 0.15) is 17.4 Å². The summed E-state index contributed by atoms with van der Waals surface area (Å²) < 4.78 is 10.6. The summed E-state index contributed by atoms with van der Waals surface area (Å²) in [6.45, 7) is 6.21. The van der Waals surface area contributed by atoms with Crippen molar-refractivity contribution in [1.29, 1.82) is 0 Å². The second kappa shape index (κ2) is 3.94. The number of carbonyl (C=O) groups excluding carboxylic acids is 1. The second-order valence-electron chi connectivity index (χ2n) is 5.04. The maximum absolute atomic E-state index is 11.8.